The van der Waals surface area contributed by atoms with Crippen molar-refractivity contribution in [2.75, 3.05) is 0 Å². The van der Waals surface area contributed by atoms with Crippen LogP contribution in [0.5, 0.6) is 0 Å². The van der Waals surface area contributed by atoms with Crippen molar-refractivity contribution in [1.82, 2.24) is 0 Å². The second-order valence-electron chi connectivity index (χ2n) is 5.02. The lowest BCUT2D eigenvalue weighted by Gasteiger charge is -2.12. The van der Waals surface area contributed by atoms with E-state index in [1.807, 2.05) is 13.8 Å². The van der Waals surface area contributed by atoms with Gasteiger partial charge in [-0.05, 0) is 50.7 Å². The van der Waals surface area contributed by atoms with Crippen LogP contribution in [0.25, 0.3) is 0 Å². The molecule has 1 atom stereocenters. The Balaban J connectivity index is 2.30. The molecule has 0 aliphatic carbocycles. The Kier molecular flexibility index (Phi) is 7.14. The maximum absolute atomic E-state index is 11.6. The van der Waals surface area contributed by atoms with Crippen LogP contribution in [0.1, 0.15) is 44.7 Å². The summed E-state index contributed by atoms with van der Waals surface area (Å²) in [5, 5.41) is 0. The quantitative estimate of drug-likeness (QED) is 0.552. The highest BCUT2D eigenvalue weighted by molar-refractivity contribution is 9.10. The van der Waals surface area contributed by atoms with Crippen LogP contribution in [0.4, 0.5) is 0 Å². The molecule has 0 saturated carbocycles. The molecule has 0 spiro atoms. The van der Waals surface area contributed by atoms with E-state index in [-0.39, 0.29) is 16.9 Å². The minimum atomic E-state index is -0.190. The van der Waals surface area contributed by atoms with Gasteiger partial charge in [0.05, 0.1) is 6.10 Å². The summed E-state index contributed by atoms with van der Waals surface area (Å²) >= 11 is 3.39. The van der Waals surface area contributed by atoms with Gasteiger partial charge in [-0.25, -0.2) is 0 Å². The van der Waals surface area contributed by atoms with Gasteiger partial charge in [-0.2, -0.15) is 0 Å². The van der Waals surface area contributed by atoms with Crippen LogP contribution >= 0.6 is 15.9 Å². The molecule has 3 heteroatoms. The number of benzene rings is 1. The third kappa shape index (κ3) is 6.24. The standard InChI is InChI=1S/C16H23BrO2/c1-4-13-8-10-14(11-9-13)6-5-7-15(17)16(18)19-12(2)3/h8-12,15H,4-7H2,1-3H3. The van der Waals surface area contributed by atoms with Crippen molar-refractivity contribution >= 4 is 21.9 Å². The van der Waals surface area contributed by atoms with E-state index < -0.39 is 0 Å². The molecule has 0 N–H and O–H groups in total. The van der Waals surface area contributed by atoms with Gasteiger partial charge in [0.1, 0.15) is 4.83 Å². The maximum atomic E-state index is 11.6. The third-order valence-electron chi connectivity index (χ3n) is 2.96. The number of alkyl halides is 1. The Morgan fingerprint density at radius 1 is 1.21 bits per heavy atom. The molecule has 1 rings (SSSR count). The van der Waals surface area contributed by atoms with Gasteiger partial charge < -0.3 is 4.74 Å². The van der Waals surface area contributed by atoms with Crippen molar-refractivity contribution in [1.29, 1.82) is 0 Å². The van der Waals surface area contributed by atoms with E-state index in [0.29, 0.717) is 0 Å². The van der Waals surface area contributed by atoms with Crippen LogP contribution in [-0.2, 0) is 22.4 Å². The summed E-state index contributed by atoms with van der Waals surface area (Å²) < 4.78 is 5.16. The molecular formula is C16H23BrO2. The first kappa shape index (κ1) is 16.2. The van der Waals surface area contributed by atoms with E-state index in [4.69, 9.17) is 4.74 Å². The molecule has 0 saturated heterocycles. The first-order chi connectivity index (χ1) is 9.02. The molecule has 0 bridgehead atoms. The van der Waals surface area contributed by atoms with Crippen LogP contribution in [-0.4, -0.2) is 16.9 Å². The Morgan fingerprint density at radius 2 is 1.79 bits per heavy atom. The first-order valence-corrected chi connectivity index (χ1v) is 7.87. The lowest BCUT2D eigenvalue weighted by atomic mass is 10.0. The molecule has 0 aromatic heterocycles. The summed E-state index contributed by atoms with van der Waals surface area (Å²) in [5.41, 5.74) is 2.69. The average molecular weight is 327 g/mol. The summed E-state index contributed by atoms with van der Waals surface area (Å²) in [7, 11) is 0. The topological polar surface area (TPSA) is 26.3 Å². The number of carbonyl (C=O) groups is 1. The van der Waals surface area contributed by atoms with Crippen molar-refractivity contribution in [3.8, 4) is 0 Å². The Hall–Kier alpha value is -0.830. The molecule has 1 aromatic rings. The van der Waals surface area contributed by atoms with Gasteiger partial charge in [0.2, 0.25) is 0 Å². The van der Waals surface area contributed by atoms with Crippen LogP contribution in [0.15, 0.2) is 24.3 Å². The summed E-state index contributed by atoms with van der Waals surface area (Å²) in [6, 6.07) is 8.70. The van der Waals surface area contributed by atoms with Crippen molar-refractivity contribution < 1.29 is 9.53 Å². The van der Waals surface area contributed by atoms with Crippen molar-refractivity contribution in [2.45, 2.75) is 57.4 Å². The molecule has 0 fully saturated rings. The average Bonchev–Trinajstić information content (AvgIpc) is 2.38. The molecule has 2 nitrogen and oxygen atoms in total. The number of hydrogen-bond acceptors (Lipinski definition) is 2. The molecule has 1 unspecified atom stereocenters. The summed E-state index contributed by atoms with van der Waals surface area (Å²) in [5.74, 6) is -0.156. The summed E-state index contributed by atoms with van der Waals surface area (Å²) in [6.07, 6.45) is 3.82. The van der Waals surface area contributed by atoms with Crippen LogP contribution in [0.3, 0.4) is 0 Å². The van der Waals surface area contributed by atoms with Gasteiger partial charge in [-0.3, -0.25) is 4.79 Å². The zero-order chi connectivity index (χ0) is 14.3. The van der Waals surface area contributed by atoms with Gasteiger partial charge in [-0.1, -0.05) is 47.1 Å². The van der Waals surface area contributed by atoms with Gasteiger partial charge in [0.15, 0.2) is 0 Å². The zero-order valence-corrected chi connectivity index (χ0v) is 13.6. The normalized spacial score (nSPS) is 12.5. The highest BCUT2D eigenvalue weighted by Gasteiger charge is 2.16. The summed E-state index contributed by atoms with van der Waals surface area (Å²) in [6.45, 7) is 5.89. The second-order valence-corrected chi connectivity index (χ2v) is 6.12. The number of hydrogen-bond donors (Lipinski definition) is 0. The van der Waals surface area contributed by atoms with Crippen LogP contribution in [0.2, 0.25) is 0 Å². The zero-order valence-electron chi connectivity index (χ0n) is 12.0. The number of esters is 1. The van der Waals surface area contributed by atoms with Gasteiger partial charge in [-0.15, -0.1) is 0 Å². The minimum absolute atomic E-state index is 0.0471. The molecule has 0 aliphatic heterocycles. The van der Waals surface area contributed by atoms with E-state index in [1.54, 1.807) is 0 Å². The van der Waals surface area contributed by atoms with E-state index >= 15 is 0 Å². The van der Waals surface area contributed by atoms with Gasteiger partial charge in [0, 0.05) is 0 Å². The number of rotatable bonds is 7. The maximum Gasteiger partial charge on any atom is 0.319 e. The Labute approximate surface area is 124 Å². The molecular weight excluding hydrogens is 304 g/mol. The van der Waals surface area contributed by atoms with Crippen LogP contribution in [0, 0.1) is 0 Å². The lowest BCUT2D eigenvalue weighted by Crippen LogP contribution is -2.21. The predicted octanol–water partition coefficient (Wildman–Crippen LogP) is 4.29. The van der Waals surface area contributed by atoms with E-state index in [1.165, 1.54) is 11.1 Å². The minimum Gasteiger partial charge on any atom is -0.462 e. The molecule has 0 heterocycles. The smallest absolute Gasteiger partial charge is 0.319 e. The number of carbonyl (C=O) groups excluding carboxylic acids is 1. The Morgan fingerprint density at radius 3 is 2.32 bits per heavy atom. The second kappa shape index (κ2) is 8.36. The van der Waals surface area contributed by atoms with Gasteiger partial charge in [0.25, 0.3) is 0 Å². The largest absolute Gasteiger partial charge is 0.462 e. The van der Waals surface area contributed by atoms with E-state index in [9.17, 15) is 4.79 Å². The summed E-state index contributed by atoms with van der Waals surface area (Å²) in [4.78, 5) is 11.4. The van der Waals surface area contributed by atoms with Crippen LogP contribution < -0.4 is 0 Å². The van der Waals surface area contributed by atoms with Crippen molar-refractivity contribution in [3.63, 3.8) is 0 Å². The fourth-order valence-corrected chi connectivity index (χ4v) is 2.28. The van der Waals surface area contributed by atoms with E-state index in [0.717, 1.165) is 25.7 Å². The number of halogens is 1. The first-order valence-electron chi connectivity index (χ1n) is 6.95. The lowest BCUT2D eigenvalue weighted by molar-refractivity contribution is -0.146. The van der Waals surface area contributed by atoms with Crippen molar-refractivity contribution in [3.05, 3.63) is 35.4 Å². The van der Waals surface area contributed by atoms with E-state index in [2.05, 4.69) is 47.1 Å². The van der Waals surface area contributed by atoms with Crippen molar-refractivity contribution in [2.24, 2.45) is 0 Å². The fraction of sp³-hybridized carbons (Fsp3) is 0.562. The number of ether oxygens (including phenoxy) is 1. The fourth-order valence-electron chi connectivity index (χ4n) is 1.85. The highest BCUT2D eigenvalue weighted by atomic mass is 79.9. The molecule has 0 aliphatic rings. The molecule has 19 heavy (non-hydrogen) atoms. The molecule has 1 aromatic carbocycles. The predicted molar refractivity (Wildman–Crippen MR) is 82.7 cm³/mol. The van der Waals surface area contributed by atoms with Gasteiger partial charge >= 0.3 is 5.97 Å². The molecule has 0 amide bonds. The molecule has 0 radical (unpaired) electrons. The SMILES string of the molecule is CCc1ccc(CCCC(Br)C(=O)OC(C)C)cc1. The monoisotopic (exact) mass is 326 g/mol. The molecule has 106 valence electrons. The highest BCUT2D eigenvalue weighted by Crippen LogP contribution is 2.15. The third-order valence-corrected chi connectivity index (χ3v) is 3.79. The number of aryl methyl sites for hydroxylation is 2. The Bertz CT molecular complexity index is 384.